The Balaban J connectivity index is 2.63. The SMILES string of the molecule is CCC(C)c1csc(CC(C)C)n1. The first-order chi connectivity index (χ1) is 6.13. The molecule has 1 aromatic heterocycles. The summed E-state index contributed by atoms with van der Waals surface area (Å²) in [7, 11) is 0. The van der Waals surface area contributed by atoms with Crippen LogP contribution in [0, 0.1) is 5.92 Å². The lowest BCUT2D eigenvalue weighted by Gasteiger charge is -2.03. The first-order valence-electron chi connectivity index (χ1n) is 5.07. The molecule has 1 heterocycles. The molecule has 0 fully saturated rings. The Morgan fingerprint density at radius 2 is 2.08 bits per heavy atom. The summed E-state index contributed by atoms with van der Waals surface area (Å²) >= 11 is 1.81. The van der Waals surface area contributed by atoms with Crippen LogP contribution in [-0.2, 0) is 6.42 Å². The normalized spacial score (nSPS) is 13.6. The molecule has 0 saturated heterocycles. The van der Waals surface area contributed by atoms with Gasteiger partial charge in [0.05, 0.1) is 10.7 Å². The van der Waals surface area contributed by atoms with Gasteiger partial charge in [0.2, 0.25) is 0 Å². The van der Waals surface area contributed by atoms with E-state index in [-0.39, 0.29) is 0 Å². The molecule has 13 heavy (non-hydrogen) atoms. The van der Waals surface area contributed by atoms with Gasteiger partial charge < -0.3 is 0 Å². The number of hydrogen-bond acceptors (Lipinski definition) is 2. The van der Waals surface area contributed by atoms with E-state index in [1.807, 2.05) is 11.3 Å². The summed E-state index contributed by atoms with van der Waals surface area (Å²) < 4.78 is 0. The molecule has 1 atom stereocenters. The van der Waals surface area contributed by atoms with Crippen molar-refractivity contribution >= 4 is 11.3 Å². The van der Waals surface area contributed by atoms with Crippen molar-refractivity contribution in [3.8, 4) is 0 Å². The van der Waals surface area contributed by atoms with Crippen molar-refractivity contribution in [1.29, 1.82) is 0 Å². The maximum Gasteiger partial charge on any atom is 0.0930 e. The zero-order valence-corrected chi connectivity index (χ0v) is 9.82. The molecule has 74 valence electrons. The zero-order valence-electron chi connectivity index (χ0n) is 9.00. The van der Waals surface area contributed by atoms with Crippen LogP contribution in [-0.4, -0.2) is 4.98 Å². The Labute approximate surface area is 85.2 Å². The standard InChI is InChI=1S/C11H19NS/c1-5-9(4)10-7-13-11(12-10)6-8(2)3/h7-9H,5-6H2,1-4H3. The van der Waals surface area contributed by atoms with E-state index in [4.69, 9.17) is 0 Å². The highest BCUT2D eigenvalue weighted by Crippen LogP contribution is 2.22. The van der Waals surface area contributed by atoms with Crippen LogP contribution in [0.5, 0.6) is 0 Å². The molecule has 2 heteroatoms. The molecule has 0 spiro atoms. The Morgan fingerprint density at radius 1 is 1.38 bits per heavy atom. The van der Waals surface area contributed by atoms with Gasteiger partial charge in [-0.05, 0) is 18.3 Å². The topological polar surface area (TPSA) is 12.9 Å². The van der Waals surface area contributed by atoms with E-state index in [0.29, 0.717) is 5.92 Å². The minimum Gasteiger partial charge on any atom is -0.246 e. The minimum atomic E-state index is 0.622. The Kier molecular flexibility index (Phi) is 3.91. The number of nitrogens with zero attached hydrogens (tertiary/aromatic N) is 1. The van der Waals surface area contributed by atoms with Gasteiger partial charge in [-0.3, -0.25) is 0 Å². The molecule has 0 aliphatic rings. The van der Waals surface area contributed by atoms with Crippen molar-refractivity contribution < 1.29 is 0 Å². The van der Waals surface area contributed by atoms with E-state index in [1.54, 1.807) is 0 Å². The summed E-state index contributed by atoms with van der Waals surface area (Å²) in [6.07, 6.45) is 2.31. The van der Waals surface area contributed by atoms with E-state index in [1.165, 1.54) is 17.1 Å². The van der Waals surface area contributed by atoms with Crippen molar-refractivity contribution in [2.45, 2.75) is 46.5 Å². The summed E-state index contributed by atoms with van der Waals surface area (Å²) in [6.45, 7) is 8.94. The fourth-order valence-corrected chi connectivity index (χ4v) is 2.33. The quantitative estimate of drug-likeness (QED) is 0.714. The van der Waals surface area contributed by atoms with Crippen molar-refractivity contribution in [3.05, 3.63) is 16.1 Å². The molecule has 0 radical (unpaired) electrons. The van der Waals surface area contributed by atoms with Gasteiger partial charge in [0, 0.05) is 11.8 Å². The molecule has 1 aromatic rings. The second-order valence-corrected chi connectivity index (χ2v) is 5.02. The molecule has 0 aromatic carbocycles. The molecular weight excluding hydrogens is 178 g/mol. The molecule has 1 rings (SSSR count). The first-order valence-corrected chi connectivity index (χ1v) is 5.95. The summed E-state index contributed by atoms with van der Waals surface area (Å²) in [5.41, 5.74) is 1.28. The van der Waals surface area contributed by atoms with Crippen LogP contribution in [0.25, 0.3) is 0 Å². The molecule has 0 saturated carbocycles. The summed E-state index contributed by atoms with van der Waals surface area (Å²) in [5.74, 6) is 1.34. The van der Waals surface area contributed by atoms with E-state index in [2.05, 4.69) is 38.1 Å². The van der Waals surface area contributed by atoms with Gasteiger partial charge in [0.15, 0.2) is 0 Å². The van der Waals surface area contributed by atoms with Gasteiger partial charge in [0.1, 0.15) is 0 Å². The van der Waals surface area contributed by atoms with Gasteiger partial charge in [0.25, 0.3) is 0 Å². The van der Waals surface area contributed by atoms with Crippen molar-refractivity contribution in [2.75, 3.05) is 0 Å². The molecule has 0 bridgehead atoms. The summed E-state index contributed by atoms with van der Waals surface area (Å²) in [6, 6.07) is 0. The second kappa shape index (κ2) is 4.75. The van der Waals surface area contributed by atoms with Crippen LogP contribution in [0.1, 0.15) is 50.7 Å². The van der Waals surface area contributed by atoms with Gasteiger partial charge in [-0.25, -0.2) is 4.98 Å². The van der Waals surface area contributed by atoms with Crippen molar-refractivity contribution in [1.82, 2.24) is 4.98 Å². The summed E-state index contributed by atoms with van der Waals surface area (Å²) in [5, 5.41) is 3.51. The molecule has 0 aliphatic heterocycles. The number of thiazole rings is 1. The lowest BCUT2D eigenvalue weighted by Crippen LogP contribution is -1.95. The van der Waals surface area contributed by atoms with Crippen LogP contribution in [0.15, 0.2) is 5.38 Å². The lowest BCUT2D eigenvalue weighted by atomic mass is 10.1. The monoisotopic (exact) mass is 197 g/mol. The fourth-order valence-electron chi connectivity index (χ4n) is 1.20. The minimum absolute atomic E-state index is 0.622. The number of hydrogen-bond donors (Lipinski definition) is 0. The van der Waals surface area contributed by atoms with Gasteiger partial charge in [-0.2, -0.15) is 0 Å². The van der Waals surface area contributed by atoms with E-state index in [9.17, 15) is 0 Å². The highest BCUT2D eigenvalue weighted by molar-refractivity contribution is 7.09. The van der Waals surface area contributed by atoms with Crippen molar-refractivity contribution in [2.24, 2.45) is 5.92 Å². The predicted molar refractivity (Wildman–Crippen MR) is 59.4 cm³/mol. The van der Waals surface area contributed by atoms with Gasteiger partial charge in [-0.15, -0.1) is 11.3 Å². The highest BCUT2D eigenvalue weighted by atomic mass is 32.1. The van der Waals surface area contributed by atoms with Crippen LogP contribution in [0.2, 0.25) is 0 Å². The van der Waals surface area contributed by atoms with Crippen LogP contribution in [0.4, 0.5) is 0 Å². The fraction of sp³-hybridized carbons (Fsp3) is 0.727. The average Bonchev–Trinajstić information content (AvgIpc) is 2.50. The third-order valence-corrected chi connectivity index (χ3v) is 3.16. The molecule has 0 aliphatic carbocycles. The first kappa shape index (κ1) is 10.7. The predicted octanol–water partition coefficient (Wildman–Crippen LogP) is 3.86. The smallest absolute Gasteiger partial charge is 0.0930 e. The second-order valence-electron chi connectivity index (χ2n) is 4.07. The third-order valence-electron chi connectivity index (χ3n) is 2.27. The zero-order chi connectivity index (χ0) is 9.84. The molecule has 1 unspecified atom stereocenters. The number of aromatic nitrogens is 1. The van der Waals surface area contributed by atoms with E-state index in [0.717, 1.165) is 12.3 Å². The van der Waals surface area contributed by atoms with Gasteiger partial charge in [-0.1, -0.05) is 27.7 Å². The highest BCUT2D eigenvalue weighted by Gasteiger charge is 2.08. The third kappa shape index (κ3) is 3.11. The molecule has 0 N–H and O–H groups in total. The summed E-state index contributed by atoms with van der Waals surface area (Å²) in [4.78, 5) is 4.64. The Morgan fingerprint density at radius 3 is 2.62 bits per heavy atom. The Bertz CT molecular complexity index is 252. The Hall–Kier alpha value is -0.370. The van der Waals surface area contributed by atoms with Crippen LogP contribution >= 0.6 is 11.3 Å². The number of rotatable bonds is 4. The lowest BCUT2D eigenvalue weighted by molar-refractivity contribution is 0.637. The van der Waals surface area contributed by atoms with Crippen molar-refractivity contribution in [3.63, 3.8) is 0 Å². The largest absolute Gasteiger partial charge is 0.246 e. The van der Waals surface area contributed by atoms with E-state index >= 15 is 0 Å². The molecule has 0 amide bonds. The van der Waals surface area contributed by atoms with Gasteiger partial charge >= 0.3 is 0 Å². The maximum atomic E-state index is 4.64. The molecule has 1 nitrogen and oxygen atoms in total. The van der Waals surface area contributed by atoms with Crippen LogP contribution < -0.4 is 0 Å². The maximum absolute atomic E-state index is 4.64. The molecular formula is C11H19NS. The van der Waals surface area contributed by atoms with Crippen LogP contribution in [0.3, 0.4) is 0 Å². The van der Waals surface area contributed by atoms with E-state index < -0.39 is 0 Å². The average molecular weight is 197 g/mol.